The van der Waals surface area contributed by atoms with Gasteiger partial charge in [0.25, 0.3) is 0 Å². The summed E-state index contributed by atoms with van der Waals surface area (Å²) in [6.45, 7) is 3.40. The highest BCUT2D eigenvalue weighted by Crippen LogP contribution is 2.09. The molecule has 0 bridgehead atoms. The van der Waals surface area contributed by atoms with E-state index < -0.39 is 5.97 Å². The molecule has 0 aliphatic rings. The molecule has 0 unspecified atom stereocenters. The predicted molar refractivity (Wildman–Crippen MR) is 76.8 cm³/mol. The first kappa shape index (κ1) is 14.3. The van der Waals surface area contributed by atoms with Gasteiger partial charge in [-0.05, 0) is 31.0 Å². The average molecular weight is 273 g/mol. The fourth-order valence-corrected chi connectivity index (χ4v) is 2.17. The van der Waals surface area contributed by atoms with E-state index in [0.29, 0.717) is 12.2 Å². The first-order valence-corrected chi connectivity index (χ1v) is 6.59. The lowest BCUT2D eigenvalue weighted by Crippen LogP contribution is -2.20. The van der Waals surface area contributed by atoms with Crippen LogP contribution >= 0.6 is 0 Å². The number of carboxylic acid groups (broad SMARTS) is 1. The van der Waals surface area contributed by atoms with Gasteiger partial charge in [-0.3, -0.25) is 4.68 Å². The molecule has 0 saturated carbocycles. The van der Waals surface area contributed by atoms with Gasteiger partial charge in [0.05, 0.1) is 11.9 Å². The summed E-state index contributed by atoms with van der Waals surface area (Å²) in [6, 6.07) is 8.27. The molecule has 0 aliphatic carbocycles. The molecule has 0 aliphatic heterocycles. The Labute approximate surface area is 118 Å². The van der Waals surface area contributed by atoms with E-state index in [-0.39, 0.29) is 5.56 Å². The fraction of sp³-hybridized carbons (Fsp3) is 0.333. The van der Waals surface area contributed by atoms with Crippen molar-refractivity contribution in [2.75, 3.05) is 6.54 Å². The smallest absolute Gasteiger partial charge is 0.339 e. The van der Waals surface area contributed by atoms with Crippen molar-refractivity contribution in [2.24, 2.45) is 7.05 Å². The van der Waals surface area contributed by atoms with Gasteiger partial charge in [-0.2, -0.15) is 5.10 Å². The molecule has 0 saturated heterocycles. The van der Waals surface area contributed by atoms with E-state index in [1.54, 1.807) is 11.7 Å². The van der Waals surface area contributed by atoms with Gasteiger partial charge in [0.15, 0.2) is 0 Å². The first-order valence-electron chi connectivity index (χ1n) is 6.59. The summed E-state index contributed by atoms with van der Waals surface area (Å²) in [7, 11) is 1.75. The van der Waals surface area contributed by atoms with Gasteiger partial charge in [0, 0.05) is 13.6 Å². The van der Waals surface area contributed by atoms with Crippen LogP contribution < -0.4 is 5.32 Å². The Kier molecular flexibility index (Phi) is 4.53. The highest BCUT2D eigenvalue weighted by molar-refractivity contribution is 5.88. The van der Waals surface area contributed by atoms with Crippen LogP contribution in [-0.4, -0.2) is 27.4 Å². The molecule has 0 fully saturated rings. The molecule has 0 atom stereocenters. The number of aromatic nitrogens is 2. The van der Waals surface area contributed by atoms with Crippen LogP contribution in [0.1, 0.15) is 27.2 Å². The van der Waals surface area contributed by atoms with Crippen LogP contribution in [-0.2, 0) is 20.0 Å². The maximum Gasteiger partial charge on any atom is 0.339 e. The van der Waals surface area contributed by atoms with Crippen molar-refractivity contribution in [1.82, 2.24) is 15.1 Å². The first-order chi connectivity index (χ1) is 9.59. The molecule has 0 spiro atoms. The molecular weight excluding hydrogens is 254 g/mol. The minimum absolute atomic E-state index is 0.260. The third-order valence-electron chi connectivity index (χ3n) is 3.42. The molecule has 1 aromatic heterocycles. The lowest BCUT2D eigenvalue weighted by Gasteiger charge is -2.08. The summed E-state index contributed by atoms with van der Waals surface area (Å²) in [5.41, 5.74) is 3.54. The Hall–Kier alpha value is -2.14. The van der Waals surface area contributed by atoms with E-state index in [4.69, 9.17) is 5.11 Å². The predicted octanol–water partition coefficient (Wildman–Crippen LogP) is 1.76. The Bertz CT molecular complexity index is 605. The Morgan fingerprint density at radius 3 is 2.85 bits per heavy atom. The highest BCUT2D eigenvalue weighted by atomic mass is 16.4. The van der Waals surface area contributed by atoms with Crippen molar-refractivity contribution in [3.63, 3.8) is 0 Å². The molecule has 106 valence electrons. The molecule has 2 aromatic rings. The van der Waals surface area contributed by atoms with Gasteiger partial charge in [0.1, 0.15) is 5.56 Å². The van der Waals surface area contributed by atoms with Gasteiger partial charge in [0.2, 0.25) is 0 Å². The Morgan fingerprint density at radius 2 is 2.15 bits per heavy atom. The van der Waals surface area contributed by atoms with E-state index in [1.807, 2.05) is 12.1 Å². The van der Waals surface area contributed by atoms with E-state index in [0.717, 1.165) is 13.0 Å². The van der Waals surface area contributed by atoms with Crippen molar-refractivity contribution < 1.29 is 9.90 Å². The van der Waals surface area contributed by atoms with Gasteiger partial charge >= 0.3 is 5.97 Å². The molecular formula is C15H19N3O2. The number of benzene rings is 1. The standard InChI is InChI=1S/C15H19N3O2/c1-11-5-3-4-6-12(11)7-8-16-10-14-13(15(19)20)9-17-18(14)2/h3-6,9,16H,7-8,10H2,1-2H3,(H,19,20). The zero-order chi connectivity index (χ0) is 14.5. The van der Waals surface area contributed by atoms with Crippen molar-refractivity contribution >= 4 is 5.97 Å². The molecule has 2 N–H and O–H groups in total. The largest absolute Gasteiger partial charge is 0.478 e. The third-order valence-corrected chi connectivity index (χ3v) is 3.42. The minimum atomic E-state index is -0.936. The maximum absolute atomic E-state index is 11.1. The monoisotopic (exact) mass is 273 g/mol. The van der Waals surface area contributed by atoms with Gasteiger partial charge in [-0.15, -0.1) is 0 Å². The summed E-state index contributed by atoms with van der Waals surface area (Å²) >= 11 is 0. The van der Waals surface area contributed by atoms with Crippen molar-refractivity contribution in [3.8, 4) is 0 Å². The number of nitrogens with zero attached hydrogens (tertiary/aromatic N) is 2. The molecule has 5 heteroatoms. The van der Waals surface area contributed by atoms with Crippen LogP contribution in [0.25, 0.3) is 0 Å². The lowest BCUT2D eigenvalue weighted by molar-refractivity contribution is 0.0695. The quantitative estimate of drug-likeness (QED) is 0.787. The number of aromatic carboxylic acids is 1. The van der Waals surface area contributed by atoms with Crippen molar-refractivity contribution in [3.05, 3.63) is 52.8 Å². The number of hydrogen-bond donors (Lipinski definition) is 2. The Morgan fingerprint density at radius 1 is 1.40 bits per heavy atom. The molecule has 2 rings (SSSR count). The van der Waals surface area contributed by atoms with Crippen LogP contribution in [0.15, 0.2) is 30.5 Å². The second-order valence-electron chi connectivity index (χ2n) is 4.79. The third kappa shape index (κ3) is 3.24. The topological polar surface area (TPSA) is 67.2 Å². The van der Waals surface area contributed by atoms with Gasteiger partial charge in [-0.25, -0.2) is 4.79 Å². The van der Waals surface area contributed by atoms with Gasteiger partial charge < -0.3 is 10.4 Å². The number of hydrogen-bond acceptors (Lipinski definition) is 3. The summed E-state index contributed by atoms with van der Waals surface area (Å²) in [4.78, 5) is 11.1. The van der Waals surface area contributed by atoms with Crippen LogP contribution in [0, 0.1) is 6.92 Å². The van der Waals surface area contributed by atoms with E-state index >= 15 is 0 Å². The fourth-order valence-electron chi connectivity index (χ4n) is 2.17. The second kappa shape index (κ2) is 6.34. The van der Waals surface area contributed by atoms with Gasteiger partial charge in [-0.1, -0.05) is 24.3 Å². The van der Waals surface area contributed by atoms with Crippen molar-refractivity contribution in [1.29, 1.82) is 0 Å². The molecule has 1 aromatic carbocycles. The van der Waals surface area contributed by atoms with E-state index in [1.165, 1.54) is 17.3 Å². The Balaban J connectivity index is 1.89. The lowest BCUT2D eigenvalue weighted by atomic mass is 10.1. The summed E-state index contributed by atoms with van der Waals surface area (Å²) in [5, 5.41) is 16.3. The van der Waals surface area contributed by atoms with Crippen LogP contribution in [0.5, 0.6) is 0 Å². The normalized spacial score (nSPS) is 10.7. The second-order valence-corrected chi connectivity index (χ2v) is 4.79. The number of aryl methyl sites for hydroxylation is 2. The molecule has 20 heavy (non-hydrogen) atoms. The molecule has 0 amide bonds. The number of carboxylic acids is 1. The van der Waals surface area contributed by atoms with E-state index in [9.17, 15) is 4.79 Å². The molecule has 0 radical (unpaired) electrons. The zero-order valence-corrected chi connectivity index (χ0v) is 11.8. The van der Waals surface area contributed by atoms with Crippen LogP contribution in [0.4, 0.5) is 0 Å². The minimum Gasteiger partial charge on any atom is -0.478 e. The van der Waals surface area contributed by atoms with Crippen LogP contribution in [0.3, 0.4) is 0 Å². The summed E-state index contributed by atoms with van der Waals surface area (Å²) in [6.07, 6.45) is 2.31. The number of nitrogens with one attached hydrogen (secondary N) is 1. The summed E-state index contributed by atoms with van der Waals surface area (Å²) < 4.78 is 1.60. The SMILES string of the molecule is Cc1ccccc1CCNCc1c(C(=O)O)cnn1C. The number of carbonyl (C=O) groups is 1. The number of rotatable bonds is 6. The average Bonchev–Trinajstić information content (AvgIpc) is 2.78. The highest BCUT2D eigenvalue weighted by Gasteiger charge is 2.14. The molecule has 5 nitrogen and oxygen atoms in total. The van der Waals surface area contributed by atoms with Crippen LogP contribution in [0.2, 0.25) is 0 Å². The van der Waals surface area contributed by atoms with E-state index in [2.05, 4.69) is 29.5 Å². The zero-order valence-electron chi connectivity index (χ0n) is 11.8. The molecule has 1 heterocycles. The summed E-state index contributed by atoms with van der Waals surface area (Å²) in [5.74, 6) is -0.936. The maximum atomic E-state index is 11.1. The van der Waals surface area contributed by atoms with Crippen molar-refractivity contribution in [2.45, 2.75) is 19.9 Å².